The number of ether oxygens (including phenoxy) is 3. The van der Waals surface area contributed by atoms with Crippen molar-refractivity contribution in [3.8, 4) is 17.2 Å². The Morgan fingerprint density at radius 3 is 1.03 bits per heavy atom. The summed E-state index contributed by atoms with van der Waals surface area (Å²) in [6, 6.07) is 28.5. The zero-order valence-electron chi connectivity index (χ0n) is 23.5. The van der Waals surface area contributed by atoms with Crippen molar-refractivity contribution in [2.75, 3.05) is 20.3 Å². The Morgan fingerprint density at radius 1 is 0.543 bits per heavy atom. The number of aliphatic hydroxyl groups excluding tert-OH is 1. The average Bonchev–Trinajstić information content (AvgIpc) is 2.96. The fourth-order valence-electron chi connectivity index (χ4n) is 2.02. The molecule has 1 N–H and O–H groups in total. The van der Waals surface area contributed by atoms with Crippen LogP contribution in [0.3, 0.4) is 0 Å². The van der Waals surface area contributed by atoms with Crippen molar-refractivity contribution in [3.63, 3.8) is 0 Å². The molecule has 0 spiro atoms. The molecule has 0 aliphatic carbocycles. The van der Waals surface area contributed by atoms with Gasteiger partial charge in [-0.2, -0.15) is 0 Å². The number of methoxy groups -OCH3 is 1. The monoisotopic (exact) mass is 486 g/mol. The minimum atomic E-state index is -0.648. The van der Waals surface area contributed by atoms with Gasteiger partial charge in [-0.25, -0.2) is 0 Å². The van der Waals surface area contributed by atoms with Crippen LogP contribution < -0.4 is 14.2 Å². The molecule has 0 aromatic heterocycles. The summed E-state index contributed by atoms with van der Waals surface area (Å²) in [6.45, 7) is 16.7. The minimum absolute atomic E-state index is 0.219. The normalized spacial score (nSPS) is 8.31. The van der Waals surface area contributed by atoms with Crippen molar-refractivity contribution >= 4 is 0 Å². The molecule has 0 saturated carbocycles. The molecule has 0 unspecified atom stereocenters. The standard InChI is InChI=1S/C15H16O3.C7H8O.C3H8.3C2H6/c16-13(11-17-14-7-3-1-4-8-14)12-18-15-9-5-2-6-10-15;1-8-7-5-3-2-4-6-7;1-3-2;3*1-2/h1-10,13,16H,11-12H2;2-6H,1H3;3H2,1-2H3;3*1-2H3. The van der Waals surface area contributed by atoms with Crippen LogP contribution in [0.15, 0.2) is 91.0 Å². The van der Waals surface area contributed by atoms with E-state index in [9.17, 15) is 5.11 Å². The first-order valence-corrected chi connectivity index (χ1v) is 12.8. The minimum Gasteiger partial charge on any atom is -0.497 e. The van der Waals surface area contributed by atoms with Crippen molar-refractivity contribution in [1.82, 2.24) is 0 Å². The van der Waals surface area contributed by atoms with Gasteiger partial charge in [0.1, 0.15) is 36.6 Å². The third-order valence-electron chi connectivity index (χ3n) is 3.35. The maximum Gasteiger partial charge on any atom is 0.122 e. The lowest BCUT2D eigenvalue weighted by atomic mass is 10.3. The summed E-state index contributed by atoms with van der Waals surface area (Å²) in [4.78, 5) is 0. The predicted molar refractivity (Wildman–Crippen MR) is 153 cm³/mol. The molecule has 4 nitrogen and oxygen atoms in total. The van der Waals surface area contributed by atoms with Crippen molar-refractivity contribution < 1.29 is 19.3 Å². The van der Waals surface area contributed by atoms with Gasteiger partial charge in [-0.05, 0) is 36.4 Å². The molecule has 0 aliphatic heterocycles. The molecule has 0 amide bonds. The summed E-state index contributed by atoms with van der Waals surface area (Å²) >= 11 is 0. The molecule has 3 aromatic carbocycles. The van der Waals surface area contributed by atoms with Crippen LogP contribution in [0.1, 0.15) is 61.8 Å². The van der Waals surface area contributed by atoms with Crippen molar-refractivity contribution in [3.05, 3.63) is 91.0 Å². The second-order valence-corrected chi connectivity index (χ2v) is 6.13. The molecule has 0 saturated heterocycles. The molecule has 0 heterocycles. The van der Waals surface area contributed by atoms with Gasteiger partial charge in [0.2, 0.25) is 0 Å². The van der Waals surface area contributed by atoms with Gasteiger partial charge in [-0.1, -0.05) is 116 Å². The second kappa shape index (κ2) is 31.0. The summed E-state index contributed by atoms with van der Waals surface area (Å²) in [7, 11) is 1.66. The highest BCUT2D eigenvalue weighted by Crippen LogP contribution is 2.10. The molecule has 0 aliphatic rings. The number of hydrogen-bond donors (Lipinski definition) is 1. The first-order chi connectivity index (χ1) is 17.2. The van der Waals surface area contributed by atoms with Gasteiger partial charge in [0.25, 0.3) is 0 Å². The van der Waals surface area contributed by atoms with Gasteiger partial charge in [0, 0.05) is 0 Å². The van der Waals surface area contributed by atoms with Crippen LogP contribution in [0.5, 0.6) is 17.2 Å². The zero-order chi connectivity index (χ0) is 27.2. The van der Waals surface area contributed by atoms with E-state index in [2.05, 4.69) is 13.8 Å². The van der Waals surface area contributed by atoms with Crippen molar-refractivity contribution in [2.24, 2.45) is 0 Å². The summed E-state index contributed by atoms with van der Waals surface area (Å²) in [5.74, 6) is 2.40. The van der Waals surface area contributed by atoms with Crippen molar-refractivity contribution in [2.45, 2.75) is 67.9 Å². The number of benzene rings is 3. The summed E-state index contributed by atoms with van der Waals surface area (Å²) in [5.41, 5.74) is 0. The molecule has 3 rings (SSSR count). The van der Waals surface area contributed by atoms with Gasteiger partial charge >= 0.3 is 0 Å². The summed E-state index contributed by atoms with van der Waals surface area (Å²) < 4.78 is 15.8. The molecular weight excluding hydrogens is 436 g/mol. The first kappa shape index (κ1) is 36.6. The molecule has 4 heteroatoms. The predicted octanol–water partition coefficient (Wildman–Crippen LogP) is 8.70. The summed E-state index contributed by atoms with van der Waals surface area (Å²) in [6.07, 6.45) is 0.602. The Hall–Kier alpha value is -2.98. The van der Waals surface area contributed by atoms with Crippen molar-refractivity contribution in [1.29, 1.82) is 0 Å². The maximum absolute atomic E-state index is 9.72. The SMILES string of the molecule is CC.CC.CC.CCC.COc1ccccc1.OC(COc1ccccc1)COc1ccccc1. The van der Waals surface area contributed by atoms with Gasteiger partial charge in [-0.3, -0.25) is 0 Å². The average molecular weight is 487 g/mol. The van der Waals surface area contributed by atoms with Crippen LogP contribution in [-0.4, -0.2) is 31.5 Å². The van der Waals surface area contributed by atoms with E-state index in [0.29, 0.717) is 0 Å². The van der Waals surface area contributed by atoms with Gasteiger partial charge in [-0.15, -0.1) is 0 Å². The summed E-state index contributed by atoms with van der Waals surface area (Å²) in [5, 5.41) is 9.72. The molecule has 198 valence electrons. The van der Waals surface area contributed by atoms with Crippen LogP contribution in [0.25, 0.3) is 0 Å². The van der Waals surface area contributed by atoms with E-state index < -0.39 is 6.10 Å². The molecule has 0 bridgehead atoms. The topological polar surface area (TPSA) is 47.9 Å². The Labute approximate surface area is 215 Å². The molecule has 0 atom stereocenters. The lowest BCUT2D eigenvalue weighted by Gasteiger charge is -2.13. The highest BCUT2D eigenvalue weighted by Gasteiger charge is 2.06. The number of rotatable bonds is 7. The zero-order valence-corrected chi connectivity index (χ0v) is 23.5. The quantitative estimate of drug-likeness (QED) is 0.363. The maximum atomic E-state index is 9.72. The first-order valence-electron chi connectivity index (χ1n) is 12.8. The highest BCUT2D eigenvalue weighted by molar-refractivity contribution is 5.22. The van der Waals surface area contributed by atoms with E-state index in [-0.39, 0.29) is 13.2 Å². The lowest BCUT2D eigenvalue weighted by Crippen LogP contribution is -2.25. The van der Waals surface area contributed by atoms with Crippen LogP contribution in [0, 0.1) is 0 Å². The molecule has 0 radical (unpaired) electrons. The third-order valence-corrected chi connectivity index (χ3v) is 3.35. The van der Waals surface area contributed by atoms with E-state index in [4.69, 9.17) is 14.2 Å². The smallest absolute Gasteiger partial charge is 0.122 e. The van der Waals surface area contributed by atoms with Crippen LogP contribution in [0.4, 0.5) is 0 Å². The fourth-order valence-corrected chi connectivity index (χ4v) is 2.02. The van der Waals surface area contributed by atoms with E-state index >= 15 is 0 Å². The highest BCUT2D eigenvalue weighted by atomic mass is 16.5. The van der Waals surface area contributed by atoms with E-state index in [1.807, 2.05) is 133 Å². The second-order valence-electron chi connectivity index (χ2n) is 6.13. The molecule has 3 aromatic rings. The number of para-hydroxylation sites is 3. The van der Waals surface area contributed by atoms with E-state index in [1.165, 1.54) is 6.42 Å². The third kappa shape index (κ3) is 24.0. The lowest BCUT2D eigenvalue weighted by molar-refractivity contribution is 0.0626. The Balaban J connectivity index is -0.000000502. The number of hydrogen-bond acceptors (Lipinski definition) is 4. The molecule has 35 heavy (non-hydrogen) atoms. The van der Waals surface area contributed by atoms with Gasteiger partial charge in [0.05, 0.1) is 7.11 Å². The van der Waals surface area contributed by atoms with Gasteiger partial charge < -0.3 is 19.3 Å². The Kier molecular flexibility index (Phi) is 32.4. The fraction of sp³-hybridized carbons (Fsp3) is 0.419. The van der Waals surface area contributed by atoms with E-state index in [1.54, 1.807) is 7.11 Å². The van der Waals surface area contributed by atoms with Crippen LogP contribution in [0.2, 0.25) is 0 Å². The Bertz CT molecular complexity index is 675. The Morgan fingerprint density at radius 2 is 0.800 bits per heavy atom. The largest absolute Gasteiger partial charge is 0.497 e. The van der Waals surface area contributed by atoms with Gasteiger partial charge in [0.15, 0.2) is 0 Å². The van der Waals surface area contributed by atoms with Crippen LogP contribution in [-0.2, 0) is 0 Å². The number of aliphatic hydroxyl groups is 1. The van der Waals surface area contributed by atoms with E-state index in [0.717, 1.165) is 17.2 Å². The van der Waals surface area contributed by atoms with Crippen LogP contribution >= 0.6 is 0 Å². The molecule has 0 fully saturated rings. The molecular formula is C31H50O4.